The van der Waals surface area contributed by atoms with E-state index in [0.717, 1.165) is 16.9 Å². The Hall–Kier alpha value is -2.12. The minimum absolute atomic E-state index is 0.121. The number of rotatable bonds is 6. The molecule has 0 bridgehead atoms. The molecule has 2 rings (SSSR count). The van der Waals surface area contributed by atoms with Gasteiger partial charge in [-0.05, 0) is 18.6 Å². The average Bonchev–Trinajstić information content (AvgIpc) is 2.80. The Morgan fingerprint density at radius 1 is 1.36 bits per heavy atom. The Morgan fingerprint density at radius 2 is 2.05 bits per heavy atom. The Kier molecular flexibility index (Phi) is 4.68. The van der Waals surface area contributed by atoms with Gasteiger partial charge in [0.25, 0.3) is 5.91 Å². The van der Waals surface area contributed by atoms with E-state index in [9.17, 15) is 22.4 Å². The fourth-order valence-electron chi connectivity index (χ4n) is 2.08. The number of halogens is 4. The van der Waals surface area contributed by atoms with Crippen LogP contribution in [0.1, 0.15) is 12.2 Å². The SMILES string of the molecule is Cn1c(CCCNC(=O)C(F)(F)C(F)F)nc2ccccc21. The predicted octanol–water partition coefficient (Wildman–Crippen LogP) is 2.52. The summed E-state index contributed by atoms with van der Waals surface area (Å²) < 4.78 is 51.3. The van der Waals surface area contributed by atoms with E-state index in [0.29, 0.717) is 12.8 Å². The van der Waals surface area contributed by atoms with Crippen molar-refractivity contribution >= 4 is 16.9 Å². The van der Waals surface area contributed by atoms with Crippen LogP contribution in [0.2, 0.25) is 0 Å². The molecule has 0 aliphatic heterocycles. The highest BCUT2D eigenvalue weighted by Gasteiger charge is 2.48. The van der Waals surface area contributed by atoms with Crippen molar-refractivity contribution in [1.29, 1.82) is 0 Å². The molecule has 8 heteroatoms. The van der Waals surface area contributed by atoms with E-state index >= 15 is 0 Å². The lowest BCUT2D eigenvalue weighted by molar-refractivity contribution is -0.169. The van der Waals surface area contributed by atoms with Crippen LogP contribution in [0.15, 0.2) is 24.3 Å². The van der Waals surface area contributed by atoms with E-state index in [-0.39, 0.29) is 6.54 Å². The zero-order valence-electron chi connectivity index (χ0n) is 11.8. The number of para-hydroxylation sites is 2. The molecular formula is C14H15F4N3O. The molecule has 1 N–H and O–H groups in total. The second-order valence-electron chi connectivity index (χ2n) is 4.86. The van der Waals surface area contributed by atoms with Crippen molar-refractivity contribution in [3.05, 3.63) is 30.1 Å². The van der Waals surface area contributed by atoms with Gasteiger partial charge in [-0.2, -0.15) is 8.78 Å². The number of aromatic nitrogens is 2. The van der Waals surface area contributed by atoms with Crippen LogP contribution in [0.4, 0.5) is 17.6 Å². The van der Waals surface area contributed by atoms with Gasteiger partial charge >= 0.3 is 12.3 Å². The van der Waals surface area contributed by atoms with Crippen LogP contribution in [-0.2, 0) is 18.3 Å². The maximum Gasteiger partial charge on any atom is 0.383 e. The smallest absolute Gasteiger partial charge is 0.351 e. The van der Waals surface area contributed by atoms with Gasteiger partial charge in [-0.3, -0.25) is 4.79 Å². The summed E-state index contributed by atoms with van der Waals surface area (Å²) in [4.78, 5) is 15.4. The van der Waals surface area contributed by atoms with Crippen LogP contribution in [-0.4, -0.2) is 34.4 Å². The maximum absolute atomic E-state index is 12.7. The van der Waals surface area contributed by atoms with Crippen molar-refractivity contribution in [2.45, 2.75) is 25.2 Å². The van der Waals surface area contributed by atoms with Crippen molar-refractivity contribution in [1.82, 2.24) is 14.9 Å². The van der Waals surface area contributed by atoms with Crippen LogP contribution in [0.5, 0.6) is 0 Å². The first-order valence-corrected chi connectivity index (χ1v) is 6.68. The number of imidazole rings is 1. The van der Waals surface area contributed by atoms with Crippen LogP contribution in [0, 0.1) is 0 Å². The molecule has 1 heterocycles. The number of amides is 1. The number of nitrogens with zero attached hydrogens (tertiary/aromatic N) is 2. The summed E-state index contributed by atoms with van der Waals surface area (Å²) in [6, 6.07) is 7.48. The fraction of sp³-hybridized carbons (Fsp3) is 0.429. The number of carbonyl (C=O) groups excluding carboxylic acids is 1. The van der Waals surface area contributed by atoms with Crippen LogP contribution >= 0.6 is 0 Å². The first kappa shape index (κ1) is 16.3. The number of hydrogen-bond acceptors (Lipinski definition) is 2. The van der Waals surface area contributed by atoms with Gasteiger partial charge in [-0.1, -0.05) is 12.1 Å². The third-order valence-corrected chi connectivity index (χ3v) is 3.32. The van der Waals surface area contributed by atoms with Crippen LogP contribution in [0.25, 0.3) is 11.0 Å². The third-order valence-electron chi connectivity index (χ3n) is 3.32. The summed E-state index contributed by atoms with van der Waals surface area (Å²) >= 11 is 0. The summed E-state index contributed by atoms with van der Waals surface area (Å²) in [5, 5.41) is 1.82. The lowest BCUT2D eigenvalue weighted by atomic mass is 10.2. The third kappa shape index (κ3) is 3.20. The predicted molar refractivity (Wildman–Crippen MR) is 73.0 cm³/mol. The second-order valence-corrected chi connectivity index (χ2v) is 4.86. The molecule has 0 atom stereocenters. The average molecular weight is 317 g/mol. The quantitative estimate of drug-likeness (QED) is 0.657. The Balaban J connectivity index is 1.88. The first-order valence-electron chi connectivity index (χ1n) is 6.68. The molecule has 22 heavy (non-hydrogen) atoms. The molecule has 1 aromatic heterocycles. The molecular weight excluding hydrogens is 302 g/mol. The topological polar surface area (TPSA) is 46.9 Å². The van der Waals surface area contributed by atoms with Gasteiger partial charge in [0.1, 0.15) is 5.82 Å². The molecule has 0 spiro atoms. The number of benzene rings is 1. The zero-order chi connectivity index (χ0) is 16.3. The first-order chi connectivity index (χ1) is 10.3. The molecule has 0 aliphatic carbocycles. The number of aryl methyl sites for hydroxylation is 2. The van der Waals surface area contributed by atoms with E-state index in [1.165, 1.54) is 0 Å². The van der Waals surface area contributed by atoms with Crippen molar-refractivity contribution in [3.8, 4) is 0 Å². The minimum atomic E-state index is -4.65. The number of nitrogens with one attached hydrogen (secondary N) is 1. The normalized spacial score (nSPS) is 12.1. The highest BCUT2D eigenvalue weighted by Crippen LogP contribution is 2.22. The van der Waals surface area contributed by atoms with Gasteiger partial charge in [-0.15, -0.1) is 0 Å². The molecule has 4 nitrogen and oxygen atoms in total. The lowest BCUT2D eigenvalue weighted by Gasteiger charge is -2.14. The molecule has 1 aromatic carbocycles. The molecule has 0 unspecified atom stereocenters. The molecule has 1 amide bonds. The van der Waals surface area contributed by atoms with Crippen molar-refractivity contribution in [2.75, 3.05) is 6.54 Å². The summed E-state index contributed by atoms with van der Waals surface area (Å²) in [7, 11) is 1.83. The van der Waals surface area contributed by atoms with Crippen molar-refractivity contribution in [3.63, 3.8) is 0 Å². The Morgan fingerprint density at radius 3 is 2.68 bits per heavy atom. The Labute approximate surface area is 124 Å². The van der Waals surface area contributed by atoms with Crippen LogP contribution < -0.4 is 5.32 Å². The zero-order valence-corrected chi connectivity index (χ0v) is 11.8. The fourth-order valence-corrected chi connectivity index (χ4v) is 2.08. The van der Waals surface area contributed by atoms with Crippen LogP contribution in [0.3, 0.4) is 0 Å². The molecule has 2 aromatic rings. The monoisotopic (exact) mass is 317 g/mol. The van der Waals surface area contributed by atoms with Gasteiger partial charge < -0.3 is 9.88 Å². The van der Waals surface area contributed by atoms with Gasteiger partial charge in [0.05, 0.1) is 11.0 Å². The summed E-state index contributed by atoms with van der Waals surface area (Å²) in [5.41, 5.74) is 1.75. The second kappa shape index (κ2) is 6.33. The standard InChI is InChI=1S/C14H15F4N3O/c1-21-10-6-3-2-5-9(10)20-11(21)7-4-8-19-13(22)14(17,18)12(15)16/h2-3,5-6,12H,4,7-8H2,1H3,(H,19,22). The van der Waals surface area contributed by atoms with E-state index in [4.69, 9.17) is 0 Å². The lowest BCUT2D eigenvalue weighted by Crippen LogP contribution is -2.45. The molecule has 0 radical (unpaired) electrons. The number of carbonyl (C=O) groups is 1. The summed E-state index contributed by atoms with van der Waals surface area (Å²) in [6.45, 7) is -0.121. The van der Waals surface area contributed by atoms with Gasteiger partial charge in [0.15, 0.2) is 0 Å². The molecule has 0 aliphatic rings. The summed E-state index contributed by atoms with van der Waals surface area (Å²) in [5.74, 6) is -5.87. The minimum Gasteiger partial charge on any atom is -0.351 e. The van der Waals surface area contributed by atoms with E-state index in [1.54, 1.807) is 0 Å². The van der Waals surface area contributed by atoms with E-state index in [2.05, 4.69) is 4.98 Å². The highest BCUT2D eigenvalue weighted by molar-refractivity contribution is 5.83. The molecule has 0 saturated carbocycles. The number of hydrogen-bond donors (Lipinski definition) is 1. The highest BCUT2D eigenvalue weighted by atomic mass is 19.3. The van der Waals surface area contributed by atoms with Crippen molar-refractivity contribution in [2.24, 2.45) is 7.05 Å². The largest absolute Gasteiger partial charge is 0.383 e. The van der Waals surface area contributed by atoms with Gasteiger partial charge in [0, 0.05) is 20.0 Å². The van der Waals surface area contributed by atoms with Gasteiger partial charge in [0.2, 0.25) is 0 Å². The number of fused-ring (bicyclic) bond motifs is 1. The summed E-state index contributed by atoms with van der Waals surface area (Å²) in [6.07, 6.45) is -3.25. The molecule has 0 saturated heterocycles. The van der Waals surface area contributed by atoms with Gasteiger partial charge in [-0.25, -0.2) is 13.8 Å². The van der Waals surface area contributed by atoms with Crippen molar-refractivity contribution < 1.29 is 22.4 Å². The van der Waals surface area contributed by atoms with E-state index in [1.807, 2.05) is 41.2 Å². The molecule has 120 valence electrons. The molecule has 0 fully saturated rings. The Bertz CT molecular complexity index is 669. The number of alkyl halides is 4. The van der Waals surface area contributed by atoms with E-state index < -0.39 is 18.3 Å². The maximum atomic E-state index is 12.7.